The van der Waals surface area contributed by atoms with Crippen LogP contribution in [0.1, 0.15) is 12.8 Å². The van der Waals surface area contributed by atoms with Gasteiger partial charge in [-0.2, -0.15) is 9.58 Å². The van der Waals surface area contributed by atoms with Gasteiger partial charge in [0.2, 0.25) is 0 Å². The molecule has 0 fully saturated rings. The van der Waals surface area contributed by atoms with E-state index in [1.165, 1.54) is 0 Å². The molecule has 0 aliphatic heterocycles. The van der Waals surface area contributed by atoms with E-state index in [9.17, 15) is 9.13 Å². The molecule has 0 amide bonds. The van der Waals surface area contributed by atoms with E-state index in [2.05, 4.69) is 14.1 Å². The number of nitrogens with zero attached hydrogens (tertiary/aromatic N) is 4. The number of thioether (sulfide) groups is 2. The van der Waals surface area contributed by atoms with E-state index in [1.807, 2.05) is 48.6 Å². The third kappa shape index (κ3) is 15.0. The van der Waals surface area contributed by atoms with Crippen LogP contribution in [0, 0.1) is 0 Å². The van der Waals surface area contributed by atoms with Gasteiger partial charge in [-0.1, -0.05) is 35.7 Å². The molecule has 0 saturated heterocycles. The Morgan fingerprint density at radius 1 is 0.667 bits per heavy atom. The monoisotopic (exact) mass is 692 g/mol. The van der Waals surface area contributed by atoms with E-state index in [0.717, 1.165) is 19.6 Å². The van der Waals surface area contributed by atoms with Crippen LogP contribution in [0.25, 0.3) is 11.1 Å². The van der Waals surface area contributed by atoms with Crippen LogP contribution in [-0.4, -0.2) is 66.6 Å². The Morgan fingerprint density at radius 3 is 1.47 bits per heavy atom. The van der Waals surface area contributed by atoms with Gasteiger partial charge in [-0.25, -0.2) is 4.57 Å². The molecule has 2 aromatic rings. The van der Waals surface area contributed by atoms with Crippen LogP contribution in [0.2, 0.25) is 0 Å². The van der Waals surface area contributed by atoms with Crippen LogP contribution in [-0.2, 0) is 13.7 Å². The van der Waals surface area contributed by atoms with Gasteiger partial charge in [0.05, 0.1) is 32.2 Å². The molecule has 0 atom stereocenters. The molecule has 4 N–H and O–H groups in total. The van der Waals surface area contributed by atoms with Crippen LogP contribution < -0.4 is 9.47 Å². The fourth-order valence-electron chi connectivity index (χ4n) is 3.42. The Hall–Kier alpha value is -3.28. The number of ether oxygens (including phenoxy) is 2. The Labute approximate surface area is 268 Å². The summed E-state index contributed by atoms with van der Waals surface area (Å²) in [6, 6.07) is 14.6. The minimum Gasteiger partial charge on any atom is -0.493 e. The Bertz CT molecular complexity index is 1640. The van der Waals surface area contributed by atoms with Crippen molar-refractivity contribution in [2.24, 2.45) is 0 Å². The summed E-state index contributed by atoms with van der Waals surface area (Å²) in [4.78, 5) is 45.0. The van der Waals surface area contributed by atoms with Crippen molar-refractivity contribution in [2.45, 2.75) is 22.6 Å². The molecule has 238 valence electrons. The largest absolute Gasteiger partial charge is 0.493 e. The second kappa shape index (κ2) is 18.0. The molecule has 0 saturated carbocycles. The van der Waals surface area contributed by atoms with E-state index in [1.54, 1.807) is 59.9 Å². The lowest BCUT2D eigenvalue weighted by Gasteiger charge is -2.09. The van der Waals surface area contributed by atoms with Crippen molar-refractivity contribution in [3.05, 3.63) is 106 Å². The number of benzene rings is 2. The molecule has 2 aliphatic carbocycles. The van der Waals surface area contributed by atoms with Crippen molar-refractivity contribution in [1.82, 2.24) is 0 Å². The molecule has 2 aromatic carbocycles. The number of hydrogen-bond acceptors (Lipinski definition) is 7. The molecule has 2 aliphatic rings. The van der Waals surface area contributed by atoms with E-state index >= 15 is 0 Å². The fourth-order valence-corrected chi connectivity index (χ4v) is 5.75. The molecule has 13 nitrogen and oxygen atoms in total. The number of phosphoric acid groups is 1. The number of hydrogen-bond donors (Lipinski definition) is 4. The Morgan fingerprint density at radius 2 is 1.11 bits per heavy atom. The highest BCUT2D eigenvalue weighted by Gasteiger charge is 2.14. The quantitative estimate of drug-likeness (QED) is 0.0873. The van der Waals surface area contributed by atoms with Gasteiger partial charge in [-0.3, -0.25) is 9.09 Å². The Balaban J connectivity index is 0.000000246. The van der Waals surface area contributed by atoms with Gasteiger partial charge in [-0.05, 0) is 60.7 Å². The minimum absolute atomic E-state index is 0.0199. The second-order valence-corrected chi connectivity index (χ2v) is 14.3. The molecule has 0 radical (unpaired) electrons. The van der Waals surface area contributed by atoms with E-state index in [-0.39, 0.29) is 26.0 Å². The summed E-state index contributed by atoms with van der Waals surface area (Å²) in [7, 11) is -8.46. The topological polar surface area (TPSA) is 216 Å². The molecule has 0 bridgehead atoms. The van der Waals surface area contributed by atoms with Crippen LogP contribution in [0.4, 0.5) is 0 Å². The summed E-state index contributed by atoms with van der Waals surface area (Å²) in [5.41, 5.74) is 18.6. The van der Waals surface area contributed by atoms with Gasteiger partial charge in [0, 0.05) is 31.8 Å². The van der Waals surface area contributed by atoms with Crippen molar-refractivity contribution in [3.63, 3.8) is 0 Å². The average Bonchev–Trinajstić information content (AvgIpc) is 3.01. The third-order valence-electron chi connectivity index (χ3n) is 5.54. The SMILES string of the molecule is [N-]=[N+]=C1C=CC(Sc2ccc(OCCOP(=O)(O)O)cc2)=CC1.[N-]=[N+]=C1C=CC(Sc2ccc(OCCP(=O)(O)O)cc2)=CC1. The summed E-state index contributed by atoms with van der Waals surface area (Å²) in [6.07, 6.45) is 12.1. The summed E-state index contributed by atoms with van der Waals surface area (Å²) in [5.74, 6) is 1.16. The molecule has 17 heteroatoms. The van der Waals surface area contributed by atoms with Crippen molar-refractivity contribution in [3.8, 4) is 11.5 Å². The summed E-state index contributed by atoms with van der Waals surface area (Å²) >= 11 is 3.14. The normalized spacial score (nSPS) is 14.4. The van der Waals surface area contributed by atoms with Gasteiger partial charge < -0.3 is 40.1 Å². The molecule has 0 unspecified atom stereocenters. The van der Waals surface area contributed by atoms with Crippen molar-refractivity contribution >= 4 is 50.4 Å². The van der Waals surface area contributed by atoms with E-state index < -0.39 is 15.4 Å². The maximum absolute atomic E-state index is 10.7. The molecular formula is C28H30N4O9P2S2. The predicted molar refractivity (Wildman–Crippen MR) is 171 cm³/mol. The summed E-state index contributed by atoms with van der Waals surface area (Å²) in [5, 5.41) is 0. The minimum atomic E-state index is -4.44. The van der Waals surface area contributed by atoms with Crippen LogP contribution in [0.5, 0.6) is 11.5 Å². The average molecular weight is 693 g/mol. The lowest BCUT2D eigenvalue weighted by Crippen LogP contribution is -2.05. The number of phosphoric ester groups is 1. The number of rotatable bonds is 13. The molecule has 0 aromatic heterocycles. The fraction of sp³-hybridized carbons (Fsp3) is 0.214. The smallest absolute Gasteiger partial charge is 0.469 e. The van der Waals surface area contributed by atoms with Crippen LogP contribution in [0.3, 0.4) is 0 Å². The molecule has 4 rings (SSSR count). The van der Waals surface area contributed by atoms with Gasteiger partial charge in [0.15, 0.2) is 0 Å². The number of allylic oxidation sites excluding steroid dienone is 6. The van der Waals surface area contributed by atoms with Gasteiger partial charge in [0.25, 0.3) is 11.4 Å². The van der Waals surface area contributed by atoms with Gasteiger partial charge in [-0.15, -0.1) is 0 Å². The maximum Gasteiger partial charge on any atom is 0.469 e. The van der Waals surface area contributed by atoms with Crippen LogP contribution >= 0.6 is 38.9 Å². The van der Waals surface area contributed by atoms with E-state index in [4.69, 9.17) is 40.1 Å². The predicted octanol–water partition coefficient (Wildman–Crippen LogP) is 5.63. The summed E-state index contributed by atoms with van der Waals surface area (Å²) < 4.78 is 36.1. The highest BCUT2D eigenvalue weighted by Crippen LogP contribution is 2.36. The summed E-state index contributed by atoms with van der Waals surface area (Å²) in [6.45, 7) is -0.157. The van der Waals surface area contributed by atoms with Gasteiger partial charge >= 0.3 is 15.4 Å². The highest BCUT2D eigenvalue weighted by molar-refractivity contribution is 8.03. The van der Waals surface area contributed by atoms with Crippen molar-refractivity contribution in [2.75, 3.05) is 26.0 Å². The lowest BCUT2D eigenvalue weighted by molar-refractivity contribution is -0.00586. The maximum atomic E-state index is 10.7. The first-order valence-corrected chi connectivity index (χ1v) is 18.1. The van der Waals surface area contributed by atoms with Crippen molar-refractivity contribution in [1.29, 1.82) is 0 Å². The first kappa shape index (κ1) is 36.2. The standard InChI is InChI=1S/C14H15N2O5PS.C14H15N2O4PS/c15-16-11-1-5-13(6-2-11)23-14-7-3-12(4-8-14)20-9-10-21-22(17,18)19;15-16-11-1-5-13(6-2-11)22-14-7-3-12(4-8-14)20-9-10-21(17,18)19/h1,3-8H,2,9-10H2,(H2,17,18,19);1,3-8H,2,9-10H2,(H2,17,18,19). The molecule has 45 heavy (non-hydrogen) atoms. The zero-order valence-electron chi connectivity index (χ0n) is 23.7. The zero-order chi connectivity index (χ0) is 32.7. The molecular weight excluding hydrogens is 662 g/mol. The first-order valence-electron chi connectivity index (χ1n) is 13.2. The molecule has 0 heterocycles. The highest BCUT2D eigenvalue weighted by atomic mass is 32.2. The van der Waals surface area contributed by atoms with Crippen molar-refractivity contribution < 1.29 is 52.3 Å². The zero-order valence-corrected chi connectivity index (χ0v) is 27.1. The lowest BCUT2D eigenvalue weighted by atomic mass is 10.2. The van der Waals surface area contributed by atoms with Gasteiger partial charge in [0.1, 0.15) is 18.1 Å². The molecule has 0 spiro atoms. The van der Waals surface area contributed by atoms with E-state index in [0.29, 0.717) is 35.8 Å². The first-order chi connectivity index (χ1) is 21.4. The third-order valence-corrected chi connectivity index (χ3v) is 8.92. The Kier molecular flexibility index (Phi) is 14.5. The van der Waals surface area contributed by atoms with Crippen LogP contribution in [0.15, 0.2) is 105 Å². The second-order valence-electron chi connectivity index (χ2n) is 9.03.